The molecule has 1 N–H and O–H groups in total. The molecule has 1 saturated heterocycles. The number of aromatic nitrogens is 2. The van der Waals surface area contributed by atoms with Gasteiger partial charge in [-0.3, -0.25) is 14.3 Å². The monoisotopic (exact) mass is 312 g/mol. The topological polar surface area (TPSA) is 67.2 Å². The van der Waals surface area contributed by atoms with Crippen LogP contribution >= 0.6 is 0 Å². The molecule has 1 unspecified atom stereocenters. The lowest BCUT2D eigenvalue weighted by Gasteiger charge is -2.13. The summed E-state index contributed by atoms with van der Waals surface area (Å²) in [7, 11) is 1.73. The van der Waals surface area contributed by atoms with Gasteiger partial charge >= 0.3 is 0 Å². The molecule has 2 heterocycles. The number of hydrogen-bond donors (Lipinski definition) is 1. The van der Waals surface area contributed by atoms with Crippen LogP contribution in [0.3, 0.4) is 0 Å². The van der Waals surface area contributed by atoms with Crippen LogP contribution in [0.5, 0.6) is 0 Å². The van der Waals surface area contributed by atoms with Crippen molar-refractivity contribution in [2.75, 3.05) is 13.6 Å². The highest BCUT2D eigenvalue weighted by Crippen LogP contribution is 2.16. The van der Waals surface area contributed by atoms with Gasteiger partial charge in [0, 0.05) is 39.0 Å². The smallest absolute Gasteiger partial charge is 0.225 e. The van der Waals surface area contributed by atoms with E-state index in [9.17, 15) is 9.59 Å². The maximum atomic E-state index is 12.2. The van der Waals surface area contributed by atoms with Crippen LogP contribution in [0.2, 0.25) is 0 Å². The molecule has 23 heavy (non-hydrogen) atoms. The summed E-state index contributed by atoms with van der Waals surface area (Å²) in [6.45, 7) is 1.63. The molecular formula is C17H20N4O2. The molecule has 0 aliphatic carbocycles. The Morgan fingerprint density at radius 3 is 2.74 bits per heavy atom. The summed E-state index contributed by atoms with van der Waals surface area (Å²) >= 11 is 0. The third-order valence-corrected chi connectivity index (χ3v) is 4.17. The van der Waals surface area contributed by atoms with Crippen LogP contribution in [0.1, 0.15) is 17.5 Å². The Morgan fingerprint density at radius 2 is 2.09 bits per heavy atom. The minimum atomic E-state index is -0.245. The van der Waals surface area contributed by atoms with Gasteiger partial charge in [-0.05, 0) is 17.2 Å². The van der Waals surface area contributed by atoms with Gasteiger partial charge in [0.2, 0.25) is 11.8 Å². The fraction of sp³-hybridized carbons (Fsp3) is 0.353. The first-order chi connectivity index (χ1) is 11.1. The van der Waals surface area contributed by atoms with Gasteiger partial charge < -0.3 is 10.2 Å². The van der Waals surface area contributed by atoms with Crippen molar-refractivity contribution in [2.45, 2.75) is 19.5 Å². The molecule has 0 bridgehead atoms. The number of rotatable bonds is 5. The lowest BCUT2D eigenvalue weighted by Crippen LogP contribution is -2.32. The molecule has 120 valence electrons. The molecule has 1 aliphatic heterocycles. The van der Waals surface area contributed by atoms with Crippen LogP contribution in [0.15, 0.2) is 42.7 Å². The number of carbonyl (C=O) groups is 2. The number of benzene rings is 1. The Labute approximate surface area is 135 Å². The van der Waals surface area contributed by atoms with Crippen molar-refractivity contribution >= 4 is 11.8 Å². The Morgan fingerprint density at radius 1 is 1.30 bits per heavy atom. The van der Waals surface area contributed by atoms with Crippen LogP contribution < -0.4 is 5.32 Å². The molecule has 6 nitrogen and oxygen atoms in total. The Balaban J connectivity index is 1.62. The van der Waals surface area contributed by atoms with Crippen LogP contribution in [0.25, 0.3) is 0 Å². The second-order valence-corrected chi connectivity index (χ2v) is 5.87. The van der Waals surface area contributed by atoms with Gasteiger partial charge in [-0.25, -0.2) is 0 Å². The molecule has 0 saturated carbocycles. The number of carbonyl (C=O) groups excluding carboxylic acids is 2. The van der Waals surface area contributed by atoms with Gasteiger partial charge in [-0.15, -0.1) is 0 Å². The van der Waals surface area contributed by atoms with Crippen molar-refractivity contribution in [1.82, 2.24) is 20.0 Å². The van der Waals surface area contributed by atoms with Gasteiger partial charge in [-0.2, -0.15) is 5.10 Å². The minimum Gasteiger partial charge on any atom is -0.352 e. The lowest BCUT2D eigenvalue weighted by molar-refractivity contribution is -0.128. The standard InChI is InChI=1S/C17H20N4O2/c1-20-11-15(9-16(20)22)17(23)18-10-13-5-2-3-6-14(13)12-21-8-4-7-19-21/h2-8,15H,9-12H2,1H3,(H,18,23). The van der Waals surface area contributed by atoms with E-state index in [-0.39, 0.29) is 17.7 Å². The Hall–Kier alpha value is -2.63. The number of likely N-dealkylation sites (tertiary alicyclic amines) is 1. The average Bonchev–Trinajstić information content (AvgIpc) is 3.17. The highest BCUT2D eigenvalue weighted by Gasteiger charge is 2.31. The quantitative estimate of drug-likeness (QED) is 0.896. The number of nitrogens with zero attached hydrogens (tertiary/aromatic N) is 3. The molecule has 1 atom stereocenters. The van der Waals surface area contributed by atoms with Gasteiger partial charge in [0.25, 0.3) is 0 Å². The second kappa shape index (κ2) is 6.64. The van der Waals surface area contributed by atoms with Crippen molar-refractivity contribution in [1.29, 1.82) is 0 Å². The van der Waals surface area contributed by atoms with Gasteiger partial charge in [0.15, 0.2) is 0 Å². The average molecular weight is 312 g/mol. The molecule has 2 amide bonds. The van der Waals surface area contributed by atoms with E-state index in [0.717, 1.165) is 11.1 Å². The zero-order valence-corrected chi connectivity index (χ0v) is 13.1. The van der Waals surface area contributed by atoms with Crippen molar-refractivity contribution in [3.63, 3.8) is 0 Å². The number of amides is 2. The summed E-state index contributed by atoms with van der Waals surface area (Å²) in [5.41, 5.74) is 2.19. The molecule has 3 rings (SSSR count). The zero-order chi connectivity index (χ0) is 16.2. The molecule has 1 aromatic carbocycles. The van der Waals surface area contributed by atoms with Crippen LogP contribution in [0, 0.1) is 5.92 Å². The second-order valence-electron chi connectivity index (χ2n) is 5.87. The van der Waals surface area contributed by atoms with Crippen LogP contribution in [0.4, 0.5) is 0 Å². The molecule has 2 aromatic rings. The summed E-state index contributed by atoms with van der Waals surface area (Å²) in [5, 5.41) is 7.17. The van der Waals surface area contributed by atoms with E-state index in [1.54, 1.807) is 18.1 Å². The maximum Gasteiger partial charge on any atom is 0.225 e. The predicted octanol–water partition coefficient (Wildman–Crippen LogP) is 1.03. The van der Waals surface area contributed by atoms with E-state index >= 15 is 0 Å². The summed E-state index contributed by atoms with van der Waals surface area (Å²) in [4.78, 5) is 25.4. The van der Waals surface area contributed by atoms with Gasteiger partial charge in [-0.1, -0.05) is 24.3 Å². The third kappa shape index (κ3) is 3.59. The highest BCUT2D eigenvalue weighted by molar-refractivity contribution is 5.89. The van der Waals surface area contributed by atoms with Crippen LogP contribution in [-0.4, -0.2) is 40.1 Å². The number of hydrogen-bond acceptors (Lipinski definition) is 3. The van der Waals surface area contributed by atoms with Crippen molar-refractivity contribution < 1.29 is 9.59 Å². The summed E-state index contributed by atoms with van der Waals surface area (Å²) < 4.78 is 1.85. The van der Waals surface area contributed by atoms with E-state index in [1.165, 1.54) is 0 Å². The molecular weight excluding hydrogens is 292 g/mol. The minimum absolute atomic E-state index is 0.0317. The summed E-state index contributed by atoms with van der Waals surface area (Å²) in [6.07, 6.45) is 3.96. The molecule has 0 spiro atoms. The lowest BCUT2D eigenvalue weighted by atomic mass is 10.1. The fourth-order valence-corrected chi connectivity index (χ4v) is 2.82. The van der Waals surface area contributed by atoms with E-state index in [4.69, 9.17) is 0 Å². The highest BCUT2D eigenvalue weighted by atomic mass is 16.2. The van der Waals surface area contributed by atoms with Gasteiger partial charge in [0.1, 0.15) is 0 Å². The molecule has 1 fully saturated rings. The van der Waals surface area contributed by atoms with Crippen molar-refractivity contribution in [3.05, 3.63) is 53.9 Å². The van der Waals surface area contributed by atoms with E-state index in [2.05, 4.69) is 10.4 Å². The van der Waals surface area contributed by atoms with E-state index < -0.39 is 0 Å². The largest absolute Gasteiger partial charge is 0.352 e. The molecule has 1 aromatic heterocycles. The normalized spacial score (nSPS) is 17.5. The summed E-state index contributed by atoms with van der Waals surface area (Å²) in [5.74, 6) is -0.272. The zero-order valence-electron chi connectivity index (χ0n) is 13.1. The van der Waals surface area contributed by atoms with Crippen molar-refractivity contribution in [3.8, 4) is 0 Å². The first-order valence-corrected chi connectivity index (χ1v) is 7.69. The van der Waals surface area contributed by atoms with Crippen LogP contribution in [-0.2, 0) is 22.7 Å². The van der Waals surface area contributed by atoms with E-state index in [0.29, 0.717) is 26.1 Å². The first-order valence-electron chi connectivity index (χ1n) is 7.69. The molecule has 1 aliphatic rings. The Kier molecular flexibility index (Phi) is 4.41. The molecule has 6 heteroatoms. The SMILES string of the molecule is CN1CC(C(=O)NCc2ccccc2Cn2cccn2)CC1=O. The third-order valence-electron chi connectivity index (χ3n) is 4.17. The predicted molar refractivity (Wildman–Crippen MR) is 85.4 cm³/mol. The maximum absolute atomic E-state index is 12.2. The van der Waals surface area contributed by atoms with Gasteiger partial charge in [0.05, 0.1) is 12.5 Å². The first kappa shape index (κ1) is 15.3. The molecule has 0 radical (unpaired) electrons. The fourth-order valence-electron chi connectivity index (χ4n) is 2.82. The van der Waals surface area contributed by atoms with E-state index in [1.807, 2.05) is 41.2 Å². The Bertz CT molecular complexity index is 696. The van der Waals surface area contributed by atoms with Crippen molar-refractivity contribution in [2.24, 2.45) is 5.92 Å². The summed E-state index contributed by atoms with van der Waals surface area (Å²) in [6, 6.07) is 9.87. The number of nitrogens with one attached hydrogen (secondary N) is 1.